The monoisotopic (exact) mass is 322 g/mol. The summed E-state index contributed by atoms with van der Waals surface area (Å²) in [6, 6.07) is 5.39. The van der Waals surface area contributed by atoms with Gasteiger partial charge in [-0.2, -0.15) is 0 Å². The number of carboxylic acids is 1. The van der Waals surface area contributed by atoms with E-state index in [0.717, 1.165) is 10.7 Å². The second-order valence-corrected chi connectivity index (χ2v) is 4.85. The van der Waals surface area contributed by atoms with Gasteiger partial charge in [-0.25, -0.2) is 9.07 Å². The molecule has 1 unspecified atom stereocenters. The fourth-order valence-corrected chi connectivity index (χ4v) is 1.90. The first-order valence-electron chi connectivity index (χ1n) is 6.75. The van der Waals surface area contributed by atoms with E-state index in [1.165, 1.54) is 24.4 Å². The number of nitrogens with zero attached hydrogens (tertiary/aromatic N) is 3. The van der Waals surface area contributed by atoms with Crippen LogP contribution in [0.1, 0.15) is 23.8 Å². The zero-order valence-corrected chi connectivity index (χ0v) is 12.0. The van der Waals surface area contributed by atoms with E-state index in [1.807, 2.05) is 0 Å². The van der Waals surface area contributed by atoms with Crippen LogP contribution in [0.4, 0.5) is 4.39 Å². The molecule has 0 radical (unpaired) electrons. The Morgan fingerprint density at radius 2 is 2.17 bits per heavy atom. The number of rotatable bonds is 7. The Morgan fingerprint density at radius 3 is 2.87 bits per heavy atom. The molecule has 9 heteroatoms. The number of aliphatic hydroxyl groups excluding tert-OH is 1. The summed E-state index contributed by atoms with van der Waals surface area (Å²) in [5.74, 6) is -1.99. The van der Waals surface area contributed by atoms with Crippen molar-refractivity contribution in [3.05, 3.63) is 47.5 Å². The number of halogens is 1. The topological polar surface area (TPSA) is 117 Å². The van der Waals surface area contributed by atoms with Crippen molar-refractivity contribution < 1.29 is 24.2 Å². The lowest BCUT2D eigenvalue weighted by Crippen LogP contribution is -2.24. The Bertz CT molecular complexity index is 704. The molecule has 0 saturated carbocycles. The first-order valence-corrected chi connectivity index (χ1v) is 6.75. The molecule has 1 aromatic carbocycles. The number of hydrogen-bond donors (Lipinski definition) is 3. The van der Waals surface area contributed by atoms with E-state index >= 15 is 0 Å². The van der Waals surface area contributed by atoms with Crippen LogP contribution in [-0.2, 0) is 22.7 Å². The van der Waals surface area contributed by atoms with Gasteiger partial charge in [0.2, 0.25) is 5.91 Å². The van der Waals surface area contributed by atoms with Crippen LogP contribution in [0.2, 0.25) is 0 Å². The van der Waals surface area contributed by atoms with Crippen molar-refractivity contribution >= 4 is 11.9 Å². The fraction of sp³-hybridized carbons (Fsp3) is 0.286. The quantitative estimate of drug-likeness (QED) is 0.672. The van der Waals surface area contributed by atoms with Gasteiger partial charge in [0.25, 0.3) is 0 Å². The Balaban J connectivity index is 1.83. The molecule has 1 heterocycles. The Morgan fingerprint density at radius 1 is 1.39 bits per heavy atom. The van der Waals surface area contributed by atoms with Gasteiger partial charge >= 0.3 is 5.97 Å². The predicted octanol–water partition coefficient (Wildman–Crippen LogP) is 0.242. The highest BCUT2D eigenvalue weighted by atomic mass is 19.1. The normalized spacial score (nSPS) is 11.9. The highest BCUT2D eigenvalue weighted by Crippen LogP contribution is 2.17. The van der Waals surface area contributed by atoms with Crippen LogP contribution in [0.5, 0.6) is 0 Å². The summed E-state index contributed by atoms with van der Waals surface area (Å²) in [5.41, 5.74) is 0.701. The SMILES string of the molecule is O=C(O)Cn1cc(CNC(=O)CC(O)c2cccc(F)c2)nn1. The van der Waals surface area contributed by atoms with E-state index in [-0.39, 0.29) is 19.5 Å². The summed E-state index contributed by atoms with van der Waals surface area (Å²) in [7, 11) is 0. The molecule has 1 atom stereocenters. The van der Waals surface area contributed by atoms with Crippen molar-refractivity contribution in [3.63, 3.8) is 0 Å². The van der Waals surface area contributed by atoms with Gasteiger partial charge in [-0.15, -0.1) is 5.10 Å². The Hall–Kier alpha value is -2.81. The molecule has 0 aliphatic rings. The standard InChI is InChI=1S/C14H15FN4O4/c15-10-3-1-2-9(4-10)12(20)5-13(21)16-6-11-7-19(18-17-11)8-14(22)23/h1-4,7,12,20H,5-6,8H2,(H,16,21)(H,22,23). The van der Waals surface area contributed by atoms with Crippen molar-refractivity contribution in [2.45, 2.75) is 25.6 Å². The maximum absolute atomic E-state index is 13.1. The summed E-state index contributed by atoms with van der Waals surface area (Å²) < 4.78 is 14.2. The van der Waals surface area contributed by atoms with Crippen LogP contribution in [0, 0.1) is 5.82 Å². The lowest BCUT2D eigenvalue weighted by atomic mass is 10.1. The summed E-state index contributed by atoms with van der Waals surface area (Å²) in [5, 5.41) is 28.3. The molecule has 8 nitrogen and oxygen atoms in total. The molecule has 0 saturated heterocycles. The van der Waals surface area contributed by atoms with Crippen LogP contribution in [0.15, 0.2) is 30.5 Å². The number of aliphatic carboxylic acids is 1. The Kier molecular flexibility index (Phi) is 5.36. The van der Waals surface area contributed by atoms with Gasteiger partial charge in [-0.3, -0.25) is 9.59 Å². The first-order chi connectivity index (χ1) is 10.9. The number of aromatic nitrogens is 3. The molecule has 0 aliphatic carbocycles. The smallest absolute Gasteiger partial charge is 0.325 e. The van der Waals surface area contributed by atoms with Crippen molar-refractivity contribution in [3.8, 4) is 0 Å². The maximum atomic E-state index is 13.1. The van der Waals surface area contributed by atoms with E-state index in [0.29, 0.717) is 11.3 Å². The van der Waals surface area contributed by atoms with Gasteiger partial charge in [-0.1, -0.05) is 17.3 Å². The minimum atomic E-state index is -1.12. The lowest BCUT2D eigenvalue weighted by molar-refractivity contribution is -0.138. The number of carbonyl (C=O) groups excluding carboxylic acids is 1. The van der Waals surface area contributed by atoms with Crippen molar-refractivity contribution in [1.29, 1.82) is 0 Å². The van der Waals surface area contributed by atoms with Crippen molar-refractivity contribution in [1.82, 2.24) is 20.3 Å². The molecule has 0 bridgehead atoms. The zero-order valence-electron chi connectivity index (χ0n) is 12.0. The molecule has 3 N–H and O–H groups in total. The maximum Gasteiger partial charge on any atom is 0.325 e. The highest BCUT2D eigenvalue weighted by molar-refractivity contribution is 5.76. The van der Waals surface area contributed by atoms with Gasteiger partial charge < -0.3 is 15.5 Å². The molecule has 2 rings (SSSR count). The molecule has 0 spiro atoms. The average Bonchev–Trinajstić information content (AvgIpc) is 2.92. The zero-order chi connectivity index (χ0) is 16.8. The molecule has 1 aromatic heterocycles. The molecule has 122 valence electrons. The third-order valence-corrected chi connectivity index (χ3v) is 2.96. The van der Waals surface area contributed by atoms with Crippen LogP contribution in [0.3, 0.4) is 0 Å². The predicted molar refractivity (Wildman–Crippen MR) is 75.5 cm³/mol. The van der Waals surface area contributed by atoms with Crippen LogP contribution in [0.25, 0.3) is 0 Å². The van der Waals surface area contributed by atoms with E-state index in [2.05, 4.69) is 15.6 Å². The molecule has 1 amide bonds. The second-order valence-electron chi connectivity index (χ2n) is 4.85. The van der Waals surface area contributed by atoms with Crippen molar-refractivity contribution in [2.24, 2.45) is 0 Å². The Labute approximate surface area is 130 Å². The number of amides is 1. The second kappa shape index (κ2) is 7.45. The number of carbonyl (C=O) groups is 2. The van der Waals surface area contributed by atoms with Crippen LogP contribution in [-0.4, -0.2) is 37.1 Å². The summed E-state index contributed by atoms with van der Waals surface area (Å²) in [4.78, 5) is 22.3. The summed E-state index contributed by atoms with van der Waals surface area (Å²) >= 11 is 0. The number of hydrogen-bond acceptors (Lipinski definition) is 5. The molecule has 0 fully saturated rings. The van der Waals surface area contributed by atoms with Gasteiger partial charge in [0.15, 0.2) is 0 Å². The van der Waals surface area contributed by atoms with Gasteiger partial charge in [0, 0.05) is 0 Å². The average molecular weight is 322 g/mol. The van der Waals surface area contributed by atoms with Gasteiger partial charge in [0.1, 0.15) is 18.1 Å². The lowest BCUT2D eigenvalue weighted by Gasteiger charge is -2.10. The molecule has 23 heavy (non-hydrogen) atoms. The fourth-order valence-electron chi connectivity index (χ4n) is 1.90. The van der Waals surface area contributed by atoms with E-state index < -0.39 is 23.8 Å². The first kappa shape index (κ1) is 16.6. The van der Waals surface area contributed by atoms with Gasteiger partial charge in [0.05, 0.1) is 25.3 Å². The summed E-state index contributed by atoms with van der Waals surface area (Å²) in [6.07, 6.45) is 0.0535. The van der Waals surface area contributed by atoms with Crippen molar-refractivity contribution in [2.75, 3.05) is 0 Å². The molecular formula is C14H15FN4O4. The number of benzene rings is 1. The minimum Gasteiger partial charge on any atom is -0.480 e. The number of carboxylic acid groups (broad SMARTS) is 1. The molecular weight excluding hydrogens is 307 g/mol. The van der Waals surface area contributed by atoms with E-state index in [4.69, 9.17) is 5.11 Å². The van der Waals surface area contributed by atoms with E-state index in [9.17, 15) is 19.1 Å². The van der Waals surface area contributed by atoms with Gasteiger partial charge in [-0.05, 0) is 17.7 Å². The molecule has 0 aliphatic heterocycles. The minimum absolute atomic E-state index is 0.0499. The highest BCUT2D eigenvalue weighted by Gasteiger charge is 2.14. The number of aliphatic hydroxyl groups is 1. The third kappa shape index (κ3) is 5.15. The van der Waals surface area contributed by atoms with E-state index in [1.54, 1.807) is 0 Å². The largest absolute Gasteiger partial charge is 0.480 e. The molecule has 2 aromatic rings. The number of nitrogens with one attached hydrogen (secondary N) is 1. The van der Waals surface area contributed by atoms with Crippen LogP contribution < -0.4 is 5.32 Å². The van der Waals surface area contributed by atoms with Crippen LogP contribution >= 0.6 is 0 Å². The third-order valence-electron chi connectivity index (χ3n) is 2.96. The summed E-state index contributed by atoms with van der Waals surface area (Å²) in [6.45, 7) is -0.270.